The molecule has 0 aliphatic heterocycles. The number of halogens is 3. The monoisotopic (exact) mass is 378 g/mol. The van der Waals surface area contributed by atoms with Crippen molar-refractivity contribution in [3.05, 3.63) is 0 Å². The average Bonchev–Trinajstić information content (AvgIpc) is 2.17. The Balaban J connectivity index is -0.000000200. The number of hydrogen-bond acceptors (Lipinski definition) is 3. The smallest absolute Gasteiger partial charge is 0.167 e. The highest BCUT2D eigenvalue weighted by Crippen LogP contribution is 2.41. The topological polar surface area (TPSA) is 27.7 Å². The fourth-order valence-electron chi connectivity index (χ4n) is 0.579. The molecule has 0 spiro atoms. The van der Waals surface area contributed by atoms with Gasteiger partial charge in [-0.05, 0) is 34.1 Å². The minimum Gasteiger partial charge on any atom is -0.344 e. The van der Waals surface area contributed by atoms with Crippen molar-refractivity contribution < 1.29 is 13.6 Å². The second-order valence-corrected chi connectivity index (χ2v) is 10.8. The van der Waals surface area contributed by atoms with Gasteiger partial charge in [-0.2, -0.15) is 0 Å². The van der Waals surface area contributed by atoms with Crippen molar-refractivity contribution in [2.24, 2.45) is 0 Å². The molecule has 0 radical (unpaired) electrons. The van der Waals surface area contributed by atoms with Gasteiger partial charge in [0.05, 0.1) is 19.8 Å². The molecule has 0 aliphatic rings. The zero-order valence-electron chi connectivity index (χ0n) is 11.8. The summed E-state index contributed by atoms with van der Waals surface area (Å²) >= 11 is 15.6. The van der Waals surface area contributed by atoms with Crippen LogP contribution in [0.25, 0.3) is 0 Å². The Morgan fingerprint density at radius 1 is 0.722 bits per heavy atom. The van der Waals surface area contributed by atoms with Gasteiger partial charge in [-0.25, -0.2) is 0 Å². The second-order valence-electron chi connectivity index (χ2n) is 2.52. The van der Waals surface area contributed by atoms with Crippen LogP contribution in [0.1, 0.15) is 20.8 Å². The van der Waals surface area contributed by atoms with Crippen molar-refractivity contribution in [1.82, 2.24) is 0 Å². The lowest BCUT2D eigenvalue weighted by molar-refractivity contribution is 0.274. The van der Waals surface area contributed by atoms with Gasteiger partial charge >= 0.3 is 0 Å². The van der Waals surface area contributed by atoms with Gasteiger partial charge in [0.25, 0.3) is 0 Å². The summed E-state index contributed by atoms with van der Waals surface area (Å²) in [6, 6.07) is 0. The normalized spacial score (nSPS) is 11.5. The van der Waals surface area contributed by atoms with E-state index in [9.17, 15) is 0 Å². The van der Waals surface area contributed by atoms with E-state index in [4.69, 9.17) is 47.3 Å². The zero-order valence-corrected chi connectivity index (χ0v) is 16.8. The minimum absolute atomic E-state index is 0.581. The lowest BCUT2D eigenvalue weighted by Gasteiger charge is -2.08. The van der Waals surface area contributed by atoms with E-state index in [1.165, 1.54) is 0 Å². The highest BCUT2D eigenvalue weighted by Gasteiger charge is 1.96. The Bertz CT molecular complexity index is 137. The molecule has 0 aromatic carbocycles. The molecule has 0 aromatic rings. The van der Waals surface area contributed by atoms with Gasteiger partial charge in [-0.15, -0.1) is 0 Å². The number of rotatable bonds is 6. The van der Waals surface area contributed by atoms with Gasteiger partial charge in [0.1, 0.15) is 7.50 Å². The predicted octanol–water partition coefficient (Wildman–Crippen LogP) is 6.61. The highest BCUT2D eigenvalue weighted by atomic mass is 35.9. The Labute approximate surface area is 130 Å². The molecule has 9 heteroatoms. The van der Waals surface area contributed by atoms with E-state index in [-0.39, 0.29) is 0 Å². The van der Waals surface area contributed by atoms with Crippen molar-refractivity contribution >= 4 is 56.2 Å². The molecule has 0 aliphatic carbocycles. The molecule has 1 atom stereocenters. The van der Waals surface area contributed by atoms with Gasteiger partial charge in [-0.1, -0.05) is 33.7 Å². The van der Waals surface area contributed by atoms with Crippen molar-refractivity contribution in [2.45, 2.75) is 20.8 Å². The van der Waals surface area contributed by atoms with E-state index in [1.54, 1.807) is 6.66 Å². The van der Waals surface area contributed by atoms with E-state index < -0.39 is 22.5 Å². The largest absolute Gasteiger partial charge is 0.344 e. The van der Waals surface area contributed by atoms with Crippen LogP contribution in [0.2, 0.25) is 0 Å². The first-order valence-electron chi connectivity index (χ1n) is 5.38. The van der Waals surface area contributed by atoms with Gasteiger partial charge < -0.3 is 13.6 Å². The summed E-state index contributed by atoms with van der Waals surface area (Å²) in [6.45, 7) is 13.0. The molecular formula is C9H24Cl3O3P3. The molecular weight excluding hydrogens is 355 g/mol. The van der Waals surface area contributed by atoms with Gasteiger partial charge in [-0.3, -0.25) is 0 Å². The maximum atomic E-state index is 5.42. The van der Waals surface area contributed by atoms with Gasteiger partial charge in [0, 0.05) is 13.3 Å². The van der Waals surface area contributed by atoms with Crippen molar-refractivity contribution in [2.75, 3.05) is 39.8 Å². The molecule has 0 bridgehead atoms. The van der Waals surface area contributed by atoms with Crippen LogP contribution in [0.15, 0.2) is 0 Å². The molecule has 0 amide bonds. The summed E-state index contributed by atoms with van der Waals surface area (Å²) in [5.41, 5.74) is 0. The third-order valence-corrected chi connectivity index (χ3v) is 3.08. The first kappa shape index (κ1) is 25.0. The fraction of sp³-hybridized carbons (Fsp3) is 1.00. The summed E-state index contributed by atoms with van der Waals surface area (Å²) in [5, 5.41) is 0. The summed E-state index contributed by atoms with van der Waals surface area (Å²) in [4.78, 5) is 0. The van der Waals surface area contributed by atoms with Gasteiger partial charge in [0.15, 0.2) is 8.38 Å². The third-order valence-electron chi connectivity index (χ3n) is 0.929. The van der Waals surface area contributed by atoms with E-state index in [0.717, 1.165) is 19.8 Å². The van der Waals surface area contributed by atoms with Crippen LogP contribution in [-0.2, 0) is 13.6 Å². The van der Waals surface area contributed by atoms with Crippen LogP contribution in [0.3, 0.4) is 0 Å². The summed E-state index contributed by atoms with van der Waals surface area (Å²) in [6.07, 6.45) is 0. The molecule has 0 N–H and O–H groups in total. The molecule has 0 heterocycles. The van der Waals surface area contributed by atoms with Crippen LogP contribution < -0.4 is 0 Å². The quantitative estimate of drug-likeness (QED) is 0.486. The average molecular weight is 380 g/mol. The molecule has 18 heavy (non-hydrogen) atoms. The maximum absolute atomic E-state index is 5.42. The van der Waals surface area contributed by atoms with Crippen molar-refractivity contribution in [1.29, 1.82) is 0 Å². The summed E-state index contributed by atoms with van der Waals surface area (Å²) in [7, 11) is -1.21. The standard InChI is InChI=1S/C5H13O2P.C3H8ClOP.CH3Cl2P/c1-4-6-8(3)7-5-2;1-3-5-6(2)4;1-4(2)3/h4-5H2,1-3H3;3H2,1-2H3;1H3. The van der Waals surface area contributed by atoms with Crippen molar-refractivity contribution in [3.8, 4) is 0 Å². The van der Waals surface area contributed by atoms with Crippen molar-refractivity contribution in [3.63, 3.8) is 0 Å². The number of hydrogen-bond donors (Lipinski definition) is 0. The first-order chi connectivity index (χ1) is 8.31. The van der Waals surface area contributed by atoms with E-state index in [0.29, 0.717) is 0 Å². The van der Waals surface area contributed by atoms with Crippen LogP contribution in [0.4, 0.5) is 0 Å². The molecule has 3 nitrogen and oxygen atoms in total. The minimum atomic E-state index is -0.676. The zero-order chi connectivity index (χ0) is 15.0. The fourth-order valence-corrected chi connectivity index (χ4v) is 2.03. The van der Waals surface area contributed by atoms with Crippen LogP contribution >= 0.6 is 56.2 Å². The SMILES string of the molecule is CCOP(C)Cl.CCOP(C)OCC.CP(Cl)Cl. The van der Waals surface area contributed by atoms with Crippen LogP contribution in [0.5, 0.6) is 0 Å². The third kappa shape index (κ3) is 43.0. The Kier molecular flexibility index (Phi) is 29.7. The van der Waals surface area contributed by atoms with E-state index in [1.807, 2.05) is 34.1 Å². The molecule has 0 fully saturated rings. The van der Waals surface area contributed by atoms with Crippen LogP contribution in [0, 0.1) is 0 Å². The Morgan fingerprint density at radius 2 is 1.00 bits per heavy atom. The van der Waals surface area contributed by atoms with Gasteiger partial charge in [0.2, 0.25) is 0 Å². The van der Waals surface area contributed by atoms with E-state index >= 15 is 0 Å². The second kappa shape index (κ2) is 21.3. The Morgan fingerprint density at radius 3 is 1.11 bits per heavy atom. The molecule has 0 aromatic heterocycles. The predicted molar refractivity (Wildman–Crippen MR) is 91.0 cm³/mol. The molecule has 0 saturated carbocycles. The maximum Gasteiger partial charge on any atom is 0.167 e. The summed E-state index contributed by atoms with van der Waals surface area (Å²) < 4.78 is 15.1. The Hall–Kier alpha value is 2.04. The molecule has 1 unspecified atom stereocenters. The molecule has 114 valence electrons. The van der Waals surface area contributed by atoms with E-state index in [2.05, 4.69) is 0 Å². The first-order valence-corrected chi connectivity index (χ1v) is 13.2. The highest BCUT2D eigenvalue weighted by molar-refractivity contribution is 8.03. The lowest BCUT2D eigenvalue weighted by atomic mass is 10.9. The molecule has 0 rings (SSSR count). The molecule has 0 saturated heterocycles. The lowest BCUT2D eigenvalue weighted by Crippen LogP contribution is -1.87. The summed E-state index contributed by atoms with van der Waals surface area (Å²) in [5.74, 6) is 0. The van der Waals surface area contributed by atoms with Crippen LogP contribution in [-0.4, -0.2) is 39.8 Å².